The molecule has 1 atom stereocenters. The quantitative estimate of drug-likeness (QED) is 0.260. The first-order valence-electron chi connectivity index (χ1n) is 9.81. The summed E-state index contributed by atoms with van der Waals surface area (Å²) in [5.41, 5.74) is 4.47. The van der Waals surface area contributed by atoms with Gasteiger partial charge < -0.3 is 14.0 Å². The van der Waals surface area contributed by atoms with E-state index in [9.17, 15) is 0 Å². The molecule has 0 spiro atoms. The first-order valence-corrected chi connectivity index (χ1v) is 11.4. The van der Waals surface area contributed by atoms with Crippen LogP contribution in [0.2, 0.25) is 0 Å². The number of rotatable bonds is 1. The predicted octanol–water partition coefficient (Wildman–Crippen LogP) is 7.24. The number of aromatic nitrogens is 1. The number of aryl methyl sites for hydroxylation is 1. The van der Waals surface area contributed by atoms with Crippen molar-refractivity contribution in [3.8, 4) is 22.8 Å². The van der Waals surface area contributed by atoms with Crippen LogP contribution in [0.5, 0.6) is 11.5 Å². The van der Waals surface area contributed by atoms with Crippen molar-refractivity contribution in [1.82, 2.24) is 4.57 Å². The van der Waals surface area contributed by atoms with Crippen LogP contribution in [0.3, 0.4) is 0 Å². The van der Waals surface area contributed by atoms with Gasteiger partial charge in [0.25, 0.3) is 0 Å². The van der Waals surface area contributed by atoms with Gasteiger partial charge in [0.05, 0.1) is 23.4 Å². The fourth-order valence-corrected chi connectivity index (χ4v) is 5.23. The lowest BCUT2D eigenvalue weighted by Crippen LogP contribution is -2.23. The monoisotopic (exact) mass is 527 g/mol. The Morgan fingerprint density at radius 2 is 1.83 bits per heavy atom. The van der Waals surface area contributed by atoms with Gasteiger partial charge in [-0.2, -0.15) is 0 Å². The molecule has 6 heteroatoms. The average Bonchev–Trinajstić information content (AvgIpc) is 3.10. The van der Waals surface area contributed by atoms with Crippen LogP contribution < -0.4 is 9.47 Å². The van der Waals surface area contributed by atoms with Gasteiger partial charge >= 0.3 is 0 Å². The molecule has 0 aliphatic carbocycles. The van der Waals surface area contributed by atoms with Gasteiger partial charge in [0.1, 0.15) is 17.3 Å². The standard InChI is InChI=1S/C24H16Br2FNO2/c25-16-5-6-19-15(8-16)9-20-23-18(27)11-17(26)12-22(23)30-24(28(19)20)14-4-3-13-2-1-7-29-21(13)10-14/h3-6,8-12,24H,1-2,7H2. The van der Waals surface area contributed by atoms with E-state index in [4.69, 9.17) is 9.47 Å². The summed E-state index contributed by atoms with van der Waals surface area (Å²) in [6, 6.07) is 17.7. The van der Waals surface area contributed by atoms with E-state index in [1.165, 1.54) is 11.6 Å². The van der Waals surface area contributed by atoms with E-state index in [0.717, 1.165) is 51.8 Å². The fourth-order valence-electron chi connectivity index (χ4n) is 4.44. The Balaban J connectivity index is 1.62. The molecule has 3 nitrogen and oxygen atoms in total. The third-order valence-electron chi connectivity index (χ3n) is 5.77. The first kappa shape index (κ1) is 18.5. The van der Waals surface area contributed by atoms with Crippen molar-refractivity contribution in [3.63, 3.8) is 0 Å². The Hall–Kier alpha value is -2.31. The molecular weight excluding hydrogens is 513 g/mol. The molecule has 4 aromatic rings. The summed E-state index contributed by atoms with van der Waals surface area (Å²) in [5, 5.41) is 1.03. The fraction of sp³-hybridized carbons (Fsp3) is 0.167. The number of halogens is 3. The van der Waals surface area contributed by atoms with E-state index in [2.05, 4.69) is 54.6 Å². The number of hydrogen-bond acceptors (Lipinski definition) is 2. The molecule has 30 heavy (non-hydrogen) atoms. The largest absolute Gasteiger partial charge is 0.493 e. The summed E-state index contributed by atoms with van der Waals surface area (Å²) >= 11 is 6.94. The van der Waals surface area contributed by atoms with E-state index >= 15 is 4.39 Å². The summed E-state index contributed by atoms with van der Waals surface area (Å²) in [4.78, 5) is 0. The minimum absolute atomic E-state index is 0.310. The Bertz CT molecular complexity index is 1330. The highest BCUT2D eigenvalue weighted by Gasteiger charge is 2.32. The van der Waals surface area contributed by atoms with E-state index in [-0.39, 0.29) is 5.82 Å². The van der Waals surface area contributed by atoms with Crippen molar-refractivity contribution in [2.24, 2.45) is 0 Å². The maximum Gasteiger partial charge on any atom is 0.203 e. The van der Waals surface area contributed by atoms with Gasteiger partial charge in [-0.3, -0.25) is 0 Å². The van der Waals surface area contributed by atoms with Gasteiger partial charge in [0, 0.05) is 19.9 Å². The molecular formula is C24H16Br2FNO2. The molecule has 2 aliphatic rings. The van der Waals surface area contributed by atoms with Crippen LogP contribution in [0.1, 0.15) is 23.8 Å². The van der Waals surface area contributed by atoms with Gasteiger partial charge in [-0.05, 0) is 60.9 Å². The Kier molecular flexibility index (Phi) is 4.22. The SMILES string of the molecule is Fc1cc(Br)cc2c1-c1cc3cc(Br)ccc3n1C(c1ccc3c(c1)OCCC3)O2. The van der Waals surface area contributed by atoms with E-state index in [1.807, 2.05) is 30.3 Å². The maximum absolute atomic E-state index is 15.0. The zero-order valence-electron chi connectivity index (χ0n) is 15.8. The molecule has 0 bridgehead atoms. The van der Waals surface area contributed by atoms with Gasteiger partial charge in [0.15, 0.2) is 0 Å². The Morgan fingerprint density at radius 3 is 2.73 bits per heavy atom. The highest BCUT2D eigenvalue weighted by molar-refractivity contribution is 9.10. The summed E-state index contributed by atoms with van der Waals surface area (Å²) in [5.74, 6) is 1.13. The predicted molar refractivity (Wildman–Crippen MR) is 122 cm³/mol. The first-order chi connectivity index (χ1) is 14.6. The van der Waals surface area contributed by atoms with Gasteiger partial charge in [-0.15, -0.1) is 0 Å². The number of fused-ring (bicyclic) bond motifs is 6. The summed E-state index contributed by atoms with van der Waals surface area (Å²) in [6.07, 6.45) is 1.64. The molecule has 2 aliphatic heterocycles. The van der Waals surface area contributed by atoms with E-state index in [1.54, 1.807) is 0 Å². The number of ether oxygens (including phenoxy) is 2. The van der Waals surface area contributed by atoms with Crippen LogP contribution in [0.4, 0.5) is 4.39 Å². The highest BCUT2D eigenvalue weighted by atomic mass is 79.9. The molecule has 0 saturated heterocycles. The van der Waals surface area contributed by atoms with Crippen LogP contribution in [0.25, 0.3) is 22.2 Å². The van der Waals surface area contributed by atoms with Gasteiger partial charge in [-0.25, -0.2) is 4.39 Å². The Labute approximate surface area is 189 Å². The van der Waals surface area contributed by atoms with Crippen molar-refractivity contribution in [3.05, 3.63) is 80.5 Å². The molecule has 0 amide bonds. The molecule has 150 valence electrons. The van der Waals surface area contributed by atoms with Crippen molar-refractivity contribution >= 4 is 42.8 Å². The Morgan fingerprint density at radius 1 is 0.933 bits per heavy atom. The lowest BCUT2D eigenvalue weighted by atomic mass is 10.0. The highest BCUT2D eigenvalue weighted by Crippen LogP contribution is 2.47. The van der Waals surface area contributed by atoms with Gasteiger partial charge in [0.2, 0.25) is 6.23 Å². The smallest absolute Gasteiger partial charge is 0.203 e. The van der Waals surface area contributed by atoms with Crippen LogP contribution in [-0.2, 0) is 6.42 Å². The van der Waals surface area contributed by atoms with Gasteiger partial charge in [-0.1, -0.05) is 44.0 Å². The summed E-state index contributed by atoms with van der Waals surface area (Å²) in [7, 11) is 0. The maximum atomic E-state index is 15.0. The molecule has 3 heterocycles. The molecule has 0 fully saturated rings. The third-order valence-corrected chi connectivity index (χ3v) is 6.72. The number of benzene rings is 3. The lowest BCUT2D eigenvalue weighted by Gasteiger charge is -2.31. The zero-order chi connectivity index (χ0) is 20.4. The summed E-state index contributed by atoms with van der Waals surface area (Å²) < 4.78 is 31.0. The second kappa shape index (κ2) is 6.86. The topological polar surface area (TPSA) is 23.4 Å². The number of hydrogen-bond donors (Lipinski definition) is 0. The average molecular weight is 529 g/mol. The molecule has 0 saturated carbocycles. The minimum atomic E-state index is -0.421. The molecule has 0 N–H and O–H groups in total. The summed E-state index contributed by atoms with van der Waals surface area (Å²) in [6.45, 7) is 0.731. The molecule has 0 radical (unpaired) electrons. The lowest BCUT2D eigenvalue weighted by molar-refractivity contribution is 0.171. The van der Waals surface area contributed by atoms with Crippen LogP contribution in [0.15, 0.2) is 63.5 Å². The van der Waals surface area contributed by atoms with Crippen LogP contribution in [0, 0.1) is 5.82 Å². The molecule has 1 aromatic heterocycles. The normalized spacial score (nSPS) is 17.0. The molecule has 3 aromatic carbocycles. The molecule has 6 rings (SSSR count). The molecule has 1 unspecified atom stereocenters. The third kappa shape index (κ3) is 2.81. The zero-order valence-corrected chi connectivity index (χ0v) is 19.0. The van der Waals surface area contributed by atoms with Crippen molar-refractivity contribution in [2.45, 2.75) is 19.1 Å². The second-order valence-electron chi connectivity index (χ2n) is 7.65. The van der Waals surface area contributed by atoms with E-state index in [0.29, 0.717) is 15.8 Å². The van der Waals surface area contributed by atoms with Crippen molar-refractivity contribution < 1.29 is 13.9 Å². The second-order valence-corrected chi connectivity index (χ2v) is 9.48. The van der Waals surface area contributed by atoms with Crippen LogP contribution in [-0.4, -0.2) is 11.2 Å². The van der Waals surface area contributed by atoms with Crippen molar-refractivity contribution in [2.75, 3.05) is 6.61 Å². The minimum Gasteiger partial charge on any atom is -0.493 e. The van der Waals surface area contributed by atoms with E-state index < -0.39 is 6.23 Å². The van der Waals surface area contributed by atoms with Crippen LogP contribution >= 0.6 is 31.9 Å². The van der Waals surface area contributed by atoms with Crippen molar-refractivity contribution in [1.29, 1.82) is 0 Å². The number of nitrogens with zero attached hydrogens (tertiary/aromatic N) is 1.